The minimum absolute atomic E-state index is 0.118. The van der Waals surface area contributed by atoms with Crippen molar-refractivity contribution in [2.24, 2.45) is 0 Å². The second-order valence-electron chi connectivity index (χ2n) is 7.81. The summed E-state index contributed by atoms with van der Waals surface area (Å²) in [5.74, 6) is -0.692. The van der Waals surface area contributed by atoms with Gasteiger partial charge >= 0.3 is 0 Å². The molecule has 0 spiro atoms. The van der Waals surface area contributed by atoms with Crippen molar-refractivity contribution in [3.05, 3.63) is 71.3 Å². The maximum Gasteiger partial charge on any atom is 0.295 e. The number of amides is 1. The lowest BCUT2D eigenvalue weighted by Gasteiger charge is -2.31. The topological polar surface area (TPSA) is 79.3 Å². The molecule has 7 heteroatoms. The Labute approximate surface area is 187 Å². The minimum atomic E-state index is -0.660. The van der Waals surface area contributed by atoms with Gasteiger partial charge < -0.3 is 19.5 Å². The summed E-state index contributed by atoms with van der Waals surface area (Å²) < 4.78 is 10.9. The quantitative estimate of drug-likeness (QED) is 0.409. The Morgan fingerprint density at radius 2 is 1.72 bits per heavy atom. The van der Waals surface area contributed by atoms with E-state index < -0.39 is 17.7 Å². The molecule has 1 atom stereocenters. The highest BCUT2D eigenvalue weighted by molar-refractivity contribution is 6.46. The Balaban J connectivity index is 1.70. The van der Waals surface area contributed by atoms with Gasteiger partial charge in [-0.1, -0.05) is 42.5 Å². The lowest BCUT2D eigenvalue weighted by Crippen LogP contribution is -2.42. The lowest BCUT2D eigenvalue weighted by atomic mass is 9.95. The molecular formula is C25H28N2O5. The van der Waals surface area contributed by atoms with E-state index >= 15 is 0 Å². The summed E-state index contributed by atoms with van der Waals surface area (Å²) in [6.07, 6.45) is 0. The van der Waals surface area contributed by atoms with Crippen LogP contribution in [0.4, 0.5) is 0 Å². The molecule has 1 amide bonds. The highest BCUT2D eigenvalue weighted by atomic mass is 16.5. The molecule has 7 nitrogen and oxygen atoms in total. The Hall–Kier alpha value is -3.16. The fourth-order valence-electron chi connectivity index (χ4n) is 4.20. The van der Waals surface area contributed by atoms with Crippen molar-refractivity contribution in [1.29, 1.82) is 0 Å². The number of carbonyl (C=O) groups excluding carboxylic acids is 2. The van der Waals surface area contributed by atoms with Crippen LogP contribution in [0.25, 0.3) is 5.76 Å². The molecule has 1 N–H and O–H groups in total. The molecule has 2 aliphatic heterocycles. The predicted molar refractivity (Wildman–Crippen MR) is 120 cm³/mol. The second kappa shape index (κ2) is 9.97. The first kappa shape index (κ1) is 22.0. The van der Waals surface area contributed by atoms with Gasteiger partial charge in [0.2, 0.25) is 0 Å². The number of likely N-dealkylation sites (tertiary alicyclic amines) is 1. The minimum Gasteiger partial charge on any atom is -0.507 e. The zero-order valence-corrected chi connectivity index (χ0v) is 18.2. The molecule has 2 heterocycles. The van der Waals surface area contributed by atoms with Crippen molar-refractivity contribution in [2.45, 2.75) is 13.0 Å². The number of hydrogen-bond donors (Lipinski definition) is 1. The highest BCUT2D eigenvalue weighted by Gasteiger charge is 2.46. The normalized spacial score (nSPS) is 21.2. The first-order chi connectivity index (χ1) is 15.6. The molecule has 2 aromatic rings. The number of aliphatic hydroxyl groups excluding tert-OH is 1. The monoisotopic (exact) mass is 436 g/mol. The van der Waals surface area contributed by atoms with Crippen LogP contribution in [0.2, 0.25) is 0 Å². The van der Waals surface area contributed by atoms with Crippen LogP contribution in [-0.2, 0) is 14.3 Å². The SMILES string of the molecule is CCOc1ccc(C2/C(=C(/O)c3ccccc3)C(=O)C(=O)N2CCN2CCOCC2)cc1. The van der Waals surface area contributed by atoms with E-state index in [-0.39, 0.29) is 11.3 Å². The van der Waals surface area contributed by atoms with Gasteiger partial charge in [-0.25, -0.2) is 0 Å². The standard InChI is InChI=1S/C25H28N2O5/c1-2-32-20-10-8-18(9-11-20)22-21(23(28)19-6-4-3-5-7-19)24(29)25(30)27(22)13-12-26-14-16-31-17-15-26/h3-11,22,28H,2,12-17H2,1H3/b23-21-. The van der Waals surface area contributed by atoms with Crippen molar-refractivity contribution in [3.63, 3.8) is 0 Å². The number of carbonyl (C=O) groups is 2. The summed E-state index contributed by atoms with van der Waals surface area (Å²) in [6, 6.07) is 15.5. The van der Waals surface area contributed by atoms with E-state index in [1.807, 2.05) is 37.3 Å². The Bertz CT molecular complexity index is 981. The molecular weight excluding hydrogens is 408 g/mol. The van der Waals surface area contributed by atoms with Crippen molar-refractivity contribution >= 4 is 17.4 Å². The van der Waals surface area contributed by atoms with Crippen molar-refractivity contribution in [2.75, 3.05) is 46.0 Å². The fraction of sp³-hybridized carbons (Fsp3) is 0.360. The van der Waals surface area contributed by atoms with E-state index in [9.17, 15) is 14.7 Å². The maximum absolute atomic E-state index is 13.1. The second-order valence-corrected chi connectivity index (χ2v) is 7.81. The molecule has 0 aliphatic carbocycles. The van der Waals surface area contributed by atoms with Crippen LogP contribution < -0.4 is 4.74 Å². The van der Waals surface area contributed by atoms with E-state index in [1.54, 1.807) is 29.2 Å². The average Bonchev–Trinajstić information content (AvgIpc) is 3.09. The summed E-state index contributed by atoms with van der Waals surface area (Å²) in [5, 5.41) is 11.0. The van der Waals surface area contributed by atoms with Gasteiger partial charge in [0.05, 0.1) is 31.4 Å². The summed E-state index contributed by atoms with van der Waals surface area (Å²) in [6.45, 7) is 6.39. The maximum atomic E-state index is 13.1. The summed E-state index contributed by atoms with van der Waals surface area (Å²) >= 11 is 0. The molecule has 0 aromatic heterocycles. The van der Waals surface area contributed by atoms with Gasteiger partial charge in [-0.2, -0.15) is 0 Å². The first-order valence-electron chi connectivity index (χ1n) is 11.0. The van der Waals surface area contributed by atoms with Crippen molar-refractivity contribution in [1.82, 2.24) is 9.80 Å². The third kappa shape index (κ3) is 4.54. The summed E-state index contributed by atoms with van der Waals surface area (Å²) in [5.41, 5.74) is 1.38. The number of nitrogens with zero attached hydrogens (tertiary/aromatic N) is 2. The average molecular weight is 437 g/mol. The van der Waals surface area contributed by atoms with Crippen molar-refractivity contribution < 1.29 is 24.2 Å². The smallest absolute Gasteiger partial charge is 0.295 e. The number of rotatable bonds is 7. The largest absolute Gasteiger partial charge is 0.507 e. The van der Waals surface area contributed by atoms with Crippen LogP contribution in [0.15, 0.2) is 60.2 Å². The van der Waals surface area contributed by atoms with E-state index in [2.05, 4.69) is 4.90 Å². The molecule has 2 fully saturated rings. The number of ether oxygens (including phenoxy) is 2. The molecule has 1 unspecified atom stereocenters. The summed E-state index contributed by atoms with van der Waals surface area (Å²) in [4.78, 5) is 29.9. The van der Waals surface area contributed by atoms with Gasteiger partial charge in [0.1, 0.15) is 11.5 Å². The molecule has 0 radical (unpaired) electrons. The van der Waals surface area contributed by atoms with Crippen LogP contribution in [0.3, 0.4) is 0 Å². The Kier molecular flexibility index (Phi) is 6.87. The number of Topliss-reactive ketones (excluding diaryl/α,β-unsaturated/α-hetero) is 1. The Morgan fingerprint density at radius 3 is 2.38 bits per heavy atom. The van der Waals surface area contributed by atoms with Crippen LogP contribution in [0.5, 0.6) is 5.75 Å². The first-order valence-corrected chi connectivity index (χ1v) is 11.0. The van der Waals surface area contributed by atoms with Crippen molar-refractivity contribution in [3.8, 4) is 5.75 Å². The van der Waals surface area contributed by atoms with Crippen LogP contribution >= 0.6 is 0 Å². The number of ketones is 1. The molecule has 2 saturated heterocycles. The van der Waals surface area contributed by atoms with Crippen LogP contribution in [0.1, 0.15) is 24.1 Å². The van der Waals surface area contributed by atoms with Gasteiger partial charge in [0, 0.05) is 31.7 Å². The van der Waals surface area contributed by atoms with E-state index in [0.29, 0.717) is 44.2 Å². The van der Waals surface area contributed by atoms with Crippen LogP contribution in [0, 0.1) is 0 Å². The highest BCUT2D eigenvalue weighted by Crippen LogP contribution is 2.39. The predicted octanol–water partition coefficient (Wildman–Crippen LogP) is 2.84. The lowest BCUT2D eigenvalue weighted by molar-refractivity contribution is -0.140. The van der Waals surface area contributed by atoms with Gasteiger partial charge in [-0.3, -0.25) is 14.5 Å². The number of hydrogen-bond acceptors (Lipinski definition) is 6. The zero-order valence-electron chi connectivity index (χ0n) is 18.2. The van der Waals surface area contributed by atoms with Gasteiger partial charge in [0.25, 0.3) is 11.7 Å². The van der Waals surface area contributed by atoms with Gasteiger partial charge in [-0.15, -0.1) is 0 Å². The molecule has 0 saturated carbocycles. The molecule has 2 aromatic carbocycles. The van der Waals surface area contributed by atoms with Gasteiger partial charge in [0.15, 0.2) is 0 Å². The third-order valence-corrected chi connectivity index (χ3v) is 5.85. The van der Waals surface area contributed by atoms with E-state index in [0.717, 1.165) is 18.7 Å². The van der Waals surface area contributed by atoms with E-state index in [1.165, 1.54) is 0 Å². The zero-order chi connectivity index (χ0) is 22.5. The number of aliphatic hydroxyl groups is 1. The van der Waals surface area contributed by atoms with E-state index in [4.69, 9.17) is 9.47 Å². The molecule has 2 aliphatic rings. The fourth-order valence-corrected chi connectivity index (χ4v) is 4.20. The van der Waals surface area contributed by atoms with Crippen LogP contribution in [-0.4, -0.2) is 72.6 Å². The van der Waals surface area contributed by atoms with Gasteiger partial charge in [-0.05, 0) is 24.6 Å². The molecule has 0 bridgehead atoms. The number of morpholine rings is 1. The summed E-state index contributed by atoms with van der Waals surface area (Å²) in [7, 11) is 0. The molecule has 4 rings (SSSR count). The Morgan fingerprint density at radius 1 is 1.03 bits per heavy atom. The number of benzene rings is 2. The molecule has 32 heavy (non-hydrogen) atoms. The molecule has 168 valence electrons. The third-order valence-electron chi connectivity index (χ3n) is 5.85.